The van der Waals surface area contributed by atoms with Crippen molar-refractivity contribution in [2.24, 2.45) is 46.3 Å². The molecule has 3 saturated heterocycles. The van der Waals surface area contributed by atoms with E-state index < -0.39 is 91.8 Å². The number of phenols is 1. The zero-order valence-electron chi connectivity index (χ0n) is 35.6. The Morgan fingerprint density at radius 2 is 1.61 bits per heavy atom. The molecule has 3 heterocycles. The molecule has 0 amide bonds. The summed E-state index contributed by atoms with van der Waals surface area (Å²) >= 11 is 0. The van der Waals surface area contributed by atoms with Gasteiger partial charge in [0.25, 0.3) is 0 Å². The summed E-state index contributed by atoms with van der Waals surface area (Å²) in [4.78, 5) is 26.2. The highest BCUT2D eigenvalue weighted by Gasteiger charge is 2.66. The number of esters is 1. The van der Waals surface area contributed by atoms with Gasteiger partial charge in [0.15, 0.2) is 25.0 Å². The van der Waals surface area contributed by atoms with Crippen molar-refractivity contribution >= 4 is 12.3 Å². The van der Waals surface area contributed by atoms with Crippen LogP contribution in [0.4, 0.5) is 0 Å². The summed E-state index contributed by atoms with van der Waals surface area (Å²) in [5, 5.41) is 75.2. The maximum Gasteiger partial charge on any atom is 0.338 e. The Kier molecular flexibility index (Phi) is 12.7. The Morgan fingerprint density at radius 1 is 0.885 bits per heavy atom. The molecule has 1 aromatic rings. The van der Waals surface area contributed by atoms with Crippen molar-refractivity contribution in [2.45, 2.75) is 159 Å². The van der Waals surface area contributed by atoms with Crippen LogP contribution in [0.25, 0.3) is 0 Å². The molecule has 0 aromatic heterocycles. The Balaban J connectivity index is 0.957. The SMILES string of the molecule is CC(C)=C[C@H]1[C@H](O)O[C@H]2C[C@H]3[C@@H]4CC=C5C[C@@H](O[C@@H]6O[C@H](CO)[C@@H](O)[C@H](O)[C@H]6O[C@@H]6O[C@@H](C)[C@H](OC(=O)c7ccc(O)cc7)[C@@H](O)[C@H]6O)CC[C@]5(C)[C@H]4CC[C@]3(C=O)C2[C@@H]1C. The van der Waals surface area contributed by atoms with Crippen LogP contribution in [-0.2, 0) is 33.2 Å². The number of aliphatic hydroxyl groups is 6. The molecule has 0 radical (unpaired) electrons. The van der Waals surface area contributed by atoms with Crippen molar-refractivity contribution in [3.8, 4) is 5.75 Å². The summed E-state index contributed by atoms with van der Waals surface area (Å²) in [5.74, 6) is -0.149. The largest absolute Gasteiger partial charge is 0.508 e. The quantitative estimate of drug-likeness (QED) is 0.108. The second-order valence-electron chi connectivity index (χ2n) is 19.5. The fourth-order valence-corrected chi connectivity index (χ4v) is 12.8. The maximum absolute atomic E-state index is 13.3. The van der Waals surface area contributed by atoms with E-state index in [2.05, 4.69) is 26.0 Å². The first-order valence-corrected chi connectivity index (χ1v) is 22.1. The zero-order chi connectivity index (χ0) is 43.7. The number of carbonyl (C=O) groups excluding carboxylic acids is 2. The molecular formula is C46H64O15. The smallest absolute Gasteiger partial charge is 0.338 e. The first-order valence-electron chi connectivity index (χ1n) is 22.1. The molecule has 8 rings (SSSR count). The Bertz CT molecular complexity index is 1820. The summed E-state index contributed by atoms with van der Waals surface area (Å²) in [5.41, 5.74) is 1.82. The van der Waals surface area contributed by atoms with Crippen molar-refractivity contribution < 1.29 is 73.8 Å². The van der Waals surface area contributed by atoms with Gasteiger partial charge in [-0.3, -0.25) is 0 Å². The van der Waals surface area contributed by atoms with Gasteiger partial charge in [0.1, 0.15) is 48.7 Å². The average molecular weight is 857 g/mol. The van der Waals surface area contributed by atoms with E-state index in [0.717, 1.165) is 37.7 Å². The molecule has 21 atom stereocenters. The van der Waals surface area contributed by atoms with Gasteiger partial charge in [-0.15, -0.1) is 0 Å². The van der Waals surface area contributed by atoms with Crippen molar-refractivity contribution in [3.05, 3.63) is 53.1 Å². The summed E-state index contributed by atoms with van der Waals surface area (Å²) in [7, 11) is 0. The van der Waals surface area contributed by atoms with Crippen LogP contribution in [0.2, 0.25) is 0 Å². The van der Waals surface area contributed by atoms with Gasteiger partial charge >= 0.3 is 5.97 Å². The molecule has 0 bridgehead atoms. The van der Waals surface area contributed by atoms with E-state index in [1.54, 1.807) is 0 Å². The van der Waals surface area contributed by atoms with Crippen LogP contribution >= 0.6 is 0 Å². The molecule has 338 valence electrons. The van der Waals surface area contributed by atoms with Gasteiger partial charge in [-0.05, 0) is 119 Å². The van der Waals surface area contributed by atoms with Crippen LogP contribution in [0.3, 0.4) is 0 Å². The van der Waals surface area contributed by atoms with Gasteiger partial charge in [0.05, 0.1) is 30.5 Å². The van der Waals surface area contributed by atoms with E-state index in [1.807, 2.05) is 13.8 Å². The molecular weight excluding hydrogens is 792 g/mol. The molecule has 3 saturated carbocycles. The number of fused-ring (bicyclic) bond motifs is 7. The number of ether oxygens (including phenoxy) is 6. The number of hydrogen-bond donors (Lipinski definition) is 7. The van der Waals surface area contributed by atoms with Crippen LogP contribution in [0.5, 0.6) is 5.75 Å². The number of aliphatic hydroxyl groups excluding tert-OH is 6. The number of benzene rings is 1. The van der Waals surface area contributed by atoms with Gasteiger partial charge in [-0.1, -0.05) is 37.1 Å². The minimum atomic E-state index is -1.76. The fourth-order valence-electron chi connectivity index (χ4n) is 12.8. The third kappa shape index (κ3) is 7.83. The van der Waals surface area contributed by atoms with Gasteiger partial charge < -0.3 is 69.0 Å². The summed E-state index contributed by atoms with van der Waals surface area (Å²) in [6.45, 7) is 9.45. The maximum atomic E-state index is 13.3. The van der Waals surface area contributed by atoms with Crippen molar-refractivity contribution in [3.63, 3.8) is 0 Å². The van der Waals surface area contributed by atoms with Gasteiger partial charge in [0, 0.05) is 17.3 Å². The first kappa shape index (κ1) is 44.8. The summed E-state index contributed by atoms with van der Waals surface area (Å²) in [6, 6.07) is 5.33. The molecule has 6 fully saturated rings. The number of hydrogen-bond acceptors (Lipinski definition) is 15. The third-order valence-electron chi connectivity index (χ3n) is 15.9. The number of aldehydes is 1. The van der Waals surface area contributed by atoms with E-state index in [9.17, 15) is 45.3 Å². The lowest BCUT2D eigenvalue weighted by molar-refractivity contribution is -0.369. The van der Waals surface area contributed by atoms with E-state index in [1.165, 1.54) is 43.0 Å². The zero-order valence-corrected chi connectivity index (χ0v) is 35.6. The first-order chi connectivity index (χ1) is 29.0. The third-order valence-corrected chi connectivity index (χ3v) is 15.9. The van der Waals surface area contributed by atoms with Gasteiger partial charge in [-0.2, -0.15) is 0 Å². The molecule has 15 nitrogen and oxygen atoms in total. The molecule has 1 aromatic carbocycles. The highest BCUT2D eigenvalue weighted by molar-refractivity contribution is 5.89. The number of allylic oxidation sites excluding steroid dienone is 2. The summed E-state index contributed by atoms with van der Waals surface area (Å²) in [6.07, 6.45) is -5.06. The number of aromatic hydroxyl groups is 1. The van der Waals surface area contributed by atoms with Crippen LogP contribution in [0.1, 0.15) is 89.9 Å². The Morgan fingerprint density at radius 3 is 2.30 bits per heavy atom. The molecule has 61 heavy (non-hydrogen) atoms. The molecule has 15 heteroatoms. The molecule has 7 aliphatic rings. The van der Waals surface area contributed by atoms with Gasteiger partial charge in [0.2, 0.25) is 0 Å². The minimum absolute atomic E-state index is 0.0340. The van der Waals surface area contributed by atoms with E-state index >= 15 is 0 Å². The molecule has 0 spiro atoms. The van der Waals surface area contributed by atoms with E-state index in [4.69, 9.17) is 28.4 Å². The monoisotopic (exact) mass is 856 g/mol. The predicted molar refractivity (Wildman–Crippen MR) is 215 cm³/mol. The lowest BCUT2D eigenvalue weighted by Crippen LogP contribution is -2.64. The number of phenolic OH excluding ortho intramolecular Hbond substituents is 1. The standard InChI is InChI=1S/C46H64O15/c1-21(2)16-29-22(3)34-32(58-42(29)55)18-31-28-11-8-25-17-27(12-14-45(25,5)30(28)13-15-46(31,34)20-48)57-44-40(36(51)35(50)33(19-47)59-44)61-43-38(53)37(52)39(23(4)56-43)60-41(54)24-6-9-26(49)10-7-24/h6-10,16,20,22-23,27-40,42-44,47,49-53,55H,11-15,17-19H2,1-5H3/t22-,23+,27+,28-,29-,30+,31+,32+,33-,34?,35-,36+,37+,38-,39+,40-,42-,43+,44-,45+,46-/m1/s1. The van der Waals surface area contributed by atoms with Gasteiger partial charge in [-0.25, -0.2) is 4.79 Å². The Labute approximate surface area is 356 Å². The predicted octanol–water partition coefficient (Wildman–Crippen LogP) is 2.90. The Hall–Kier alpha value is -2.80. The molecule has 4 aliphatic carbocycles. The minimum Gasteiger partial charge on any atom is -0.508 e. The van der Waals surface area contributed by atoms with Crippen molar-refractivity contribution in [2.75, 3.05) is 6.61 Å². The second kappa shape index (κ2) is 17.3. The van der Waals surface area contributed by atoms with Crippen molar-refractivity contribution in [1.29, 1.82) is 0 Å². The van der Waals surface area contributed by atoms with Crippen LogP contribution in [0.15, 0.2) is 47.6 Å². The van der Waals surface area contributed by atoms with Crippen LogP contribution in [0, 0.1) is 46.3 Å². The second-order valence-corrected chi connectivity index (χ2v) is 19.5. The molecule has 7 N–H and O–H groups in total. The van der Waals surface area contributed by atoms with Crippen LogP contribution < -0.4 is 0 Å². The topological polar surface area (TPSA) is 231 Å². The summed E-state index contributed by atoms with van der Waals surface area (Å²) < 4.78 is 36.4. The van der Waals surface area contributed by atoms with Crippen molar-refractivity contribution in [1.82, 2.24) is 0 Å². The fraction of sp³-hybridized carbons (Fsp3) is 0.739. The van der Waals surface area contributed by atoms with E-state index in [-0.39, 0.29) is 52.4 Å². The highest BCUT2D eigenvalue weighted by atomic mass is 16.8. The van der Waals surface area contributed by atoms with Crippen LogP contribution in [-0.4, -0.2) is 135 Å². The van der Waals surface area contributed by atoms with E-state index in [0.29, 0.717) is 18.8 Å². The highest BCUT2D eigenvalue weighted by Crippen LogP contribution is 2.68. The number of rotatable bonds is 9. The lowest BCUT2D eigenvalue weighted by atomic mass is 9.46. The number of carbonyl (C=O) groups is 2. The molecule has 1 unspecified atom stereocenters. The normalized spacial score (nSPS) is 48.0. The average Bonchev–Trinajstić information content (AvgIpc) is 3.57. The molecule has 3 aliphatic heterocycles. The lowest BCUT2D eigenvalue weighted by Gasteiger charge is -2.58.